The lowest BCUT2D eigenvalue weighted by Crippen LogP contribution is -2.50. The molecule has 1 unspecified atom stereocenters. The van der Waals surface area contributed by atoms with Crippen LogP contribution in [0, 0.1) is 0 Å². The second-order valence-corrected chi connectivity index (χ2v) is 5.68. The van der Waals surface area contributed by atoms with Crippen molar-refractivity contribution in [2.75, 3.05) is 31.1 Å². The largest absolute Gasteiger partial charge is 0.368 e. The van der Waals surface area contributed by atoms with E-state index >= 15 is 0 Å². The molecule has 0 aromatic heterocycles. The molecular weight excluding hydrogens is 268 g/mol. The minimum atomic E-state index is -0.220. The van der Waals surface area contributed by atoms with Crippen LogP contribution in [0.25, 0.3) is 0 Å². The lowest BCUT2D eigenvalue weighted by molar-refractivity contribution is -0.130. The molecule has 5 heteroatoms. The Kier molecular flexibility index (Phi) is 4.40. The van der Waals surface area contributed by atoms with E-state index < -0.39 is 0 Å². The van der Waals surface area contributed by atoms with Crippen LogP contribution in [0.3, 0.4) is 0 Å². The number of carbonyl (C=O) groups excluding carboxylic acids is 1. The highest BCUT2D eigenvalue weighted by Crippen LogP contribution is 2.21. The monoisotopic (exact) mass is 284 g/mol. The van der Waals surface area contributed by atoms with Crippen molar-refractivity contribution in [3.05, 3.63) is 29.3 Å². The van der Waals surface area contributed by atoms with Crippen LogP contribution in [-0.4, -0.2) is 42.2 Å². The summed E-state index contributed by atoms with van der Waals surface area (Å²) < 4.78 is 0. The summed E-state index contributed by atoms with van der Waals surface area (Å²) in [6, 6.07) is 7.82. The number of carbonyl (C=O) groups is 1. The summed E-state index contributed by atoms with van der Waals surface area (Å²) in [5.41, 5.74) is 1.12. The van der Waals surface area contributed by atoms with Crippen molar-refractivity contribution in [3.63, 3.8) is 0 Å². The van der Waals surface area contributed by atoms with Gasteiger partial charge < -0.3 is 9.80 Å². The molecule has 1 saturated heterocycles. The Hall–Kier alpha value is -0.870. The molecule has 1 atom stereocenters. The number of halogens is 1. The third-order valence-electron chi connectivity index (χ3n) is 3.12. The van der Waals surface area contributed by atoms with Gasteiger partial charge in [0.15, 0.2) is 0 Å². The van der Waals surface area contributed by atoms with Gasteiger partial charge in [0.1, 0.15) is 0 Å². The lowest BCUT2D eigenvalue weighted by Gasteiger charge is -2.36. The minimum Gasteiger partial charge on any atom is -0.368 e. The fourth-order valence-corrected chi connectivity index (χ4v) is 2.47. The molecule has 1 heterocycles. The van der Waals surface area contributed by atoms with E-state index in [-0.39, 0.29) is 11.2 Å². The number of hydrogen-bond donors (Lipinski definition) is 1. The van der Waals surface area contributed by atoms with E-state index in [1.165, 1.54) is 0 Å². The van der Waals surface area contributed by atoms with Crippen molar-refractivity contribution in [1.82, 2.24) is 4.90 Å². The Bertz CT molecular complexity index is 431. The van der Waals surface area contributed by atoms with Crippen molar-refractivity contribution < 1.29 is 4.79 Å². The fourth-order valence-electron chi connectivity index (χ4n) is 2.12. The quantitative estimate of drug-likeness (QED) is 0.843. The second kappa shape index (κ2) is 5.85. The summed E-state index contributed by atoms with van der Waals surface area (Å²) in [7, 11) is 0. The van der Waals surface area contributed by atoms with E-state index in [9.17, 15) is 4.79 Å². The third kappa shape index (κ3) is 3.12. The maximum atomic E-state index is 11.8. The van der Waals surface area contributed by atoms with Crippen LogP contribution in [0.15, 0.2) is 24.3 Å². The molecule has 0 spiro atoms. The van der Waals surface area contributed by atoms with Gasteiger partial charge in [-0.15, -0.1) is 0 Å². The number of anilines is 1. The van der Waals surface area contributed by atoms with Crippen molar-refractivity contribution >= 4 is 35.8 Å². The van der Waals surface area contributed by atoms with Gasteiger partial charge in [-0.05, 0) is 25.1 Å². The first-order valence-electron chi connectivity index (χ1n) is 6.05. The molecule has 1 amide bonds. The molecule has 3 nitrogen and oxygen atoms in total. The van der Waals surface area contributed by atoms with Gasteiger partial charge in [-0.2, -0.15) is 12.6 Å². The first-order chi connectivity index (χ1) is 8.58. The lowest BCUT2D eigenvalue weighted by atomic mass is 10.2. The number of thiol groups is 1. The van der Waals surface area contributed by atoms with E-state index in [1.54, 1.807) is 0 Å². The molecule has 1 aromatic carbocycles. The topological polar surface area (TPSA) is 23.6 Å². The van der Waals surface area contributed by atoms with Gasteiger partial charge in [-0.3, -0.25) is 4.79 Å². The van der Waals surface area contributed by atoms with Gasteiger partial charge in [-0.25, -0.2) is 0 Å². The summed E-state index contributed by atoms with van der Waals surface area (Å²) in [6.07, 6.45) is 0. The molecule has 0 radical (unpaired) electrons. The predicted octanol–water partition coefficient (Wildman–Crippen LogP) is 2.31. The predicted molar refractivity (Wildman–Crippen MR) is 78.7 cm³/mol. The number of amides is 1. The number of benzene rings is 1. The first-order valence-corrected chi connectivity index (χ1v) is 6.95. The Morgan fingerprint density at radius 1 is 1.33 bits per heavy atom. The molecular formula is C13H17ClN2OS. The average molecular weight is 285 g/mol. The van der Waals surface area contributed by atoms with Crippen molar-refractivity contribution in [3.8, 4) is 0 Å². The van der Waals surface area contributed by atoms with Gasteiger partial charge in [0, 0.05) is 36.9 Å². The summed E-state index contributed by atoms with van der Waals surface area (Å²) >= 11 is 10.2. The molecule has 0 saturated carbocycles. The Labute approximate surface area is 118 Å². The Morgan fingerprint density at radius 2 is 2.00 bits per heavy atom. The molecule has 1 aliphatic heterocycles. The Morgan fingerprint density at radius 3 is 2.56 bits per heavy atom. The van der Waals surface area contributed by atoms with Crippen molar-refractivity contribution in [2.24, 2.45) is 0 Å². The van der Waals surface area contributed by atoms with Crippen LogP contribution in [0.5, 0.6) is 0 Å². The first kappa shape index (κ1) is 13.6. The van der Waals surface area contributed by atoms with Gasteiger partial charge >= 0.3 is 0 Å². The Balaban J connectivity index is 1.96. The van der Waals surface area contributed by atoms with Gasteiger partial charge in [0.25, 0.3) is 0 Å². The number of rotatable bonds is 2. The maximum absolute atomic E-state index is 11.8. The van der Waals surface area contributed by atoms with E-state index in [0.29, 0.717) is 0 Å². The highest BCUT2D eigenvalue weighted by Gasteiger charge is 2.23. The highest BCUT2D eigenvalue weighted by molar-refractivity contribution is 7.81. The highest BCUT2D eigenvalue weighted by atomic mass is 35.5. The molecule has 98 valence electrons. The minimum absolute atomic E-state index is 0.115. The van der Waals surface area contributed by atoms with Crippen molar-refractivity contribution in [1.29, 1.82) is 0 Å². The van der Waals surface area contributed by atoms with Crippen LogP contribution in [-0.2, 0) is 4.79 Å². The zero-order valence-electron chi connectivity index (χ0n) is 10.3. The molecule has 0 bridgehead atoms. The molecule has 2 rings (SSSR count). The average Bonchev–Trinajstić information content (AvgIpc) is 2.38. The van der Waals surface area contributed by atoms with E-state index in [2.05, 4.69) is 17.5 Å². The number of piperazine rings is 1. The van der Waals surface area contributed by atoms with E-state index in [4.69, 9.17) is 11.6 Å². The summed E-state index contributed by atoms with van der Waals surface area (Å²) in [6.45, 7) is 4.99. The molecule has 1 fully saturated rings. The van der Waals surface area contributed by atoms with Gasteiger partial charge in [-0.1, -0.05) is 17.7 Å². The summed E-state index contributed by atoms with van der Waals surface area (Å²) in [4.78, 5) is 15.9. The molecule has 1 aromatic rings. The maximum Gasteiger partial charge on any atom is 0.235 e. The van der Waals surface area contributed by atoms with Crippen molar-refractivity contribution in [2.45, 2.75) is 12.2 Å². The number of nitrogens with zero attached hydrogens (tertiary/aromatic N) is 2. The molecule has 0 aliphatic carbocycles. The summed E-state index contributed by atoms with van der Waals surface area (Å²) in [5.74, 6) is 0.115. The van der Waals surface area contributed by atoms with Gasteiger partial charge in [0.2, 0.25) is 5.91 Å². The zero-order chi connectivity index (χ0) is 13.1. The summed E-state index contributed by atoms with van der Waals surface area (Å²) in [5, 5.41) is 0.526. The van der Waals surface area contributed by atoms with Crippen LogP contribution < -0.4 is 4.90 Å². The van der Waals surface area contributed by atoms with E-state index in [0.717, 1.165) is 36.9 Å². The number of hydrogen-bond acceptors (Lipinski definition) is 3. The normalized spacial score (nSPS) is 17.7. The third-order valence-corrected chi connectivity index (χ3v) is 3.58. The smallest absolute Gasteiger partial charge is 0.235 e. The molecule has 0 N–H and O–H groups in total. The van der Waals surface area contributed by atoms with Gasteiger partial charge in [0.05, 0.1) is 5.25 Å². The standard InChI is InChI=1S/C13H17ClN2OS/c1-10(18)13(17)16-7-5-15(6-8-16)12-4-2-3-11(14)9-12/h2-4,9-10,18H,5-8H2,1H3. The van der Waals surface area contributed by atoms with E-state index in [1.807, 2.05) is 36.1 Å². The van der Waals surface area contributed by atoms with Crippen LogP contribution in [0.2, 0.25) is 5.02 Å². The zero-order valence-corrected chi connectivity index (χ0v) is 12.0. The fraction of sp³-hybridized carbons (Fsp3) is 0.462. The SMILES string of the molecule is CC(S)C(=O)N1CCN(c2cccc(Cl)c2)CC1. The van der Waals surface area contributed by atoms with Crippen LogP contribution in [0.1, 0.15) is 6.92 Å². The second-order valence-electron chi connectivity index (χ2n) is 4.47. The molecule has 1 aliphatic rings. The van der Waals surface area contributed by atoms with Crippen LogP contribution >= 0.6 is 24.2 Å². The molecule has 18 heavy (non-hydrogen) atoms. The van der Waals surface area contributed by atoms with Crippen LogP contribution in [0.4, 0.5) is 5.69 Å².